The molecular formula is C21H26N2O4S. The highest BCUT2D eigenvalue weighted by Crippen LogP contribution is 2.23. The van der Waals surface area contributed by atoms with Crippen LogP contribution in [-0.4, -0.2) is 33.0 Å². The van der Waals surface area contributed by atoms with Crippen LogP contribution in [0, 0.1) is 6.92 Å². The van der Waals surface area contributed by atoms with Gasteiger partial charge < -0.3 is 10.1 Å². The third-order valence-corrected chi connectivity index (χ3v) is 6.05. The summed E-state index contributed by atoms with van der Waals surface area (Å²) in [5.41, 5.74) is 1.62. The molecule has 0 unspecified atom stereocenters. The first-order chi connectivity index (χ1) is 13.4. The Hall–Kier alpha value is -2.38. The van der Waals surface area contributed by atoms with Crippen LogP contribution in [0.15, 0.2) is 53.4 Å². The van der Waals surface area contributed by atoms with Gasteiger partial charge in [-0.2, -0.15) is 4.72 Å². The highest BCUT2D eigenvalue weighted by Gasteiger charge is 2.30. The second-order valence-corrected chi connectivity index (χ2v) is 8.72. The van der Waals surface area contributed by atoms with E-state index in [0.717, 1.165) is 24.0 Å². The summed E-state index contributed by atoms with van der Waals surface area (Å²) in [5.74, 6) is 0.353. The van der Waals surface area contributed by atoms with Gasteiger partial charge in [0.2, 0.25) is 15.9 Å². The van der Waals surface area contributed by atoms with Gasteiger partial charge >= 0.3 is 0 Å². The van der Waals surface area contributed by atoms with Gasteiger partial charge in [-0.25, -0.2) is 8.42 Å². The van der Waals surface area contributed by atoms with Crippen molar-refractivity contribution in [1.82, 2.24) is 10.0 Å². The Balaban J connectivity index is 1.81. The zero-order valence-corrected chi connectivity index (χ0v) is 17.0. The van der Waals surface area contributed by atoms with E-state index in [9.17, 15) is 13.2 Å². The van der Waals surface area contributed by atoms with Crippen molar-refractivity contribution >= 4 is 15.9 Å². The smallest absolute Gasteiger partial charge is 0.241 e. The lowest BCUT2D eigenvalue weighted by atomic mass is 10.1. The lowest BCUT2D eigenvalue weighted by Crippen LogP contribution is -2.48. The van der Waals surface area contributed by atoms with Crippen molar-refractivity contribution < 1.29 is 17.9 Å². The minimum absolute atomic E-state index is 0.116. The van der Waals surface area contributed by atoms with Gasteiger partial charge in [0, 0.05) is 6.04 Å². The highest BCUT2D eigenvalue weighted by atomic mass is 32.2. The summed E-state index contributed by atoms with van der Waals surface area (Å²) in [4.78, 5) is 12.8. The van der Waals surface area contributed by atoms with E-state index in [1.54, 1.807) is 19.1 Å². The molecule has 150 valence electrons. The zero-order valence-electron chi connectivity index (χ0n) is 16.1. The monoisotopic (exact) mass is 402 g/mol. The molecule has 1 aliphatic rings. The normalized spacial score (nSPS) is 15.1. The summed E-state index contributed by atoms with van der Waals surface area (Å²) < 4.78 is 33.9. The minimum atomic E-state index is -3.86. The quantitative estimate of drug-likeness (QED) is 0.675. The molecule has 1 atom stereocenters. The Kier molecular flexibility index (Phi) is 6.36. The van der Waals surface area contributed by atoms with Crippen LogP contribution in [0.3, 0.4) is 0 Å². The van der Waals surface area contributed by atoms with Crippen LogP contribution in [0.2, 0.25) is 0 Å². The molecule has 0 aliphatic heterocycles. The van der Waals surface area contributed by atoms with Crippen LogP contribution < -0.4 is 14.8 Å². The average Bonchev–Trinajstić information content (AvgIpc) is 3.47. The molecule has 28 heavy (non-hydrogen) atoms. The fraction of sp³-hybridized carbons (Fsp3) is 0.381. The molecular weight excluding hydrogens is 376 g/mol. The van der Waals surface area contributed by atoms with E-state index >= 15 is 0 Å². The summed E-state index contributed by atoms with van der Waals surface area (Å²) in [6.07, 6.45) is 2.16. The number of carbonyl (C=O) groups is 1. The Morgan fingerprint density at radius 3 is 2.50 bits per heavy atom. The molecule has 0 bridgehead atoms. The Morgan fingerprint density at radius 2 is 1.89 bits per heavy atom. The maximum absolute atomic E-state index is 12.9. The topological polar surface area (TPSA) is 84.5 Å². The Labute approximate surface area is 166 Å². The number of nitrogens with one attached hydrogen (secondary N) is 2. The first-order valence-corrected chi connectivity index (χ1v) is 11.0. The van der Waals surface area contributed by atoms with Crippen molar-refractivity contribution in [3.05, 3.63) is 59.7 Å². The van der Waals surface area contributed by atoms with Crippen LogP contribution >= 0.6 is 0 Å². The number of ether oxygens (including phenoxy) is 1. The summed E-state index contributed by atoms with van der Waals surface area (Å²) in [5, 5.41) is 2.90. The van der Waals surface area contributed by atoms with E-state index in [-0.39, 0.29) is 23.3 Å². The van der Waals surface area contributed by atoms with E-state index in [2.05, 4.69) is 10.0 Å². The zero-order chi connectivity index (χ0) is 20.1. The van der Waals surface area contributed by atoms with Gasteiger partial charge in [-0.1, -0.05) is 30.3 Å². The van der Waals surface area contributed by atoms with E-state index in [1.165, 1.54) is 6.07 Å². The predicted octanol–water partition coefficient (Wildman–Crippen LogP) is 2.56. The number of benzene rings is 2. The molecule has 2 aromatic carbocycles. The standard InChI is InChI=1S/C21H26N2O4S/c1-3-27-20-12-11-18(13-15(20)2)28(25,26)23-19(21(24)22-17-9-10-17)14-16-7-5-4-6-8-16/h4-8,11-13,17,19,23H,3,9-10,14H2,1-2H3,(H,22,24)/t19-/m1/s1. The van der Waals surface area contributed by atoms with E-state index in [0.29, 0.717) is 12.4 Å². The van der Waals surface area contributed by atoms with Gasteiger partial charge in [-0.3, -0.25) is 4.79 Å². The number of amides is 1. The highest BCUT2D eigenvalue weighted by molar-refractivity contribution is 7.89. The van der Waals surface area contributed by atoms with E-state index in [4.69, 9.17) is 4.74 Å². The molecule has 1 aliphatic carbocycles. The number of aryl methyl sites for hydroxylation is 1. The molecule has 0 heterocycles. The van der Waals surface area contributed by atoms with Crippen LogP contribution in [0.25, 0.3) is 0 Å². The van der Waals surface area contributed by atoms with Gasteiger partial charge in [0.1, 0.15) is 11.8 Å². The summed E-state index contributed by atoms with van der Waals surface area (Å²) in [7, 11) is -3.86. The Morgan fingerprint density at radius 1 is 1.18 bits per heavy atom. The fourth-order valence-electron chi connectivity index (χ4n) is 2.93. The molecule has 0 radical (unpaired) electrons. The van der Waals surface area contributed by atoms with Gasteiger partial charge in [0.15, 0.2) is 0 Å². The molecule has 0 aromatic heterocycles. The predicted molar refractivity (Wildman–Crippen MR) is 108 cm³/mol. The lowest BCUT2D eigenvalue weighted by Gasteiger charge is -2.19. The fourth-order valence-corrected chi connectivity index (χ4v) is 4.21. The SMILES string of the molecule is CCOc1ccc(S(=O)(=O)N[C@H](Cc2ccccc2)C(=O)NC2CC2)cc1C. The molecule has 2 aromatic rings. The average molecular weight is 403 g/mol. The van der Waals surface area contributed by atoms with Crippen molar-refractivity contribution in [2.24, 2.45) is 0 Å². The molecule has 3 rings (SSSR count). The number of carbonyl (C=O) groups excluding carboxylic acids is 1. The molecule has 7 heteroatoms. The molecule has 0 spiro atoms. The van der Waals surface area contributed by atoms with Gasteiger partial charge in [0.05, 0.1) is 11.5 Å². The second-order valence-electron chi connectivity index (χ2n) is 7.01. The summed E-state index contributed by atoms with van der Waals surface area (Å²) in [6.45, 7) is 4.18. The first-order valence-electron chi connectivity index (χ1n) is 9.49. The third kappa shape index (κ3) is 5.33. The molecule has 6 nitrogen and oxygen atoms in total. The van der Waals surface area contributed by atoms with Crippen LogP contribution in [0.1, 0.15) is 30.9 Å². The second kappa shape index (κ2) is 8.75. The Bertz CT molecular complexity index is 925. The molecule has 0 saturated heterocycles. The summed E-state index contributed by atoms with van der Waals surface area (Å²) >= 11 is 0. The van der Waals surface area contributed by atoms with Gasteiger partial charge in [0.25, 0.3) is 0 Å². The number of sulfonamides is 1. The van der Waals surface area contributed by atoms with Gasteiger partial charge in [-0.15, -0.1) is 0 Å². The van der Waals surface area contributed by atoms with E-state index < -0.39 is 16.1 Å². The molecule has 2 N–H and O–H groups in total. The van der Waals surface area contributed by atoms with Crippen LogP contribution in [0.5, 0.6) is 5.75 Å². The number of hydrogen-bond acceptors (Lipinski definition) is 4. The molecule has 1 fully saturated rings. The summed E-state index contributed by atoms with van der Waals surface area (Å²) in [6, 6.07) is 13.4. The van der Waals surface area contributed by atoms with Crippen LogP contribution in [-0.2, 0) is 21.2 Å². The van der Waals surface area contributed by atoms with E-state index in [1.807, 2.05) is 37.3 Å². The van der Waals surface area contributed by atoms with Crippen molar-refractivity contribution in [2.75, 3.05) is 6.61 Å². The maximum atomic E-state index is 12.9. The largest absolute Gasteiger partial charge is 0.494 e. The number of rotatable bonds is 9. The molecule has 1 saturated carbocycles. The van der Waals surface area contributed by atoms with Crippen molar-refractivity contribution in [3.8, 4) is 5.75 Å². The minimum Gasteiger partial charge on any atom is -0.494 e. The first kappa shape index (κ1) is 20.4. The maximum Gasteiger partial charge on any atom is 0.241 e. The number of hydrogen-bond donors (Lipinski definition) is 2. The van der Waals surface area contributed by atoms with Crippen molar-refractivity contribution in [2.45, 2.75) is 50.1 Å². The third-order valence-electron chi connectivity index (χ3n) is 4.58. The van der Waals surface area contributed by atoms with Gasteiger partial charge in [-0.05, 0) is 62.4 Å². The van der Waals surface area contributed by atoms with Crippen LogP contribution in [0.4, 0.5) is 0 Å². The molecule has 1 amide bonds. The lowest BCUT2D eigenvalue weighted by molar-refractivity contribution is -0.122. The van der Waals surface area contributed by atoms with Crippen molar-refractivity contribution in [1.29, 1.82) is 0 Å². The van der Waals surface area contributed by atoms with Crippen molar-refractivity contribution in [3.63, 3.8) is 0 Å².